The van der Waals surface area contributed by atoms with Gasteiger partial charge in [0, 0.05) is 12.8 Å². The molecule has 5 nitrogen and oxygen atoms in total. The van der Waals surface area contributed by atoms with Crippen molar-refractivity contribution in [2.75, 3.05) is 13.2 Å². The van der Waals surface area contributed by atoms with E-state index in [1.807, 2.05) is 54.7 Å². The average molecular weight is 609 g/mol. The highest BCUT2D eigenvalue weighted by Gasteiger charge is 2.15. The summed E-state index contributed by atoms with van der Waals surface area (Å²) in [5.41, 5.74) is 0. The molecule has 0 aliphatic heterocycles. The van der Waals surface area contributed by atoms with E-state index in [1.165, 1.54) is 44.9 Å². The van der Waals surface area contributed by atoms with Crippen molar-refractivity contribution >= 4 is 11.9 Å². The van der Waals surface area contributed by atoms with Crippen LogP contribution in [0.4, 0.5) is 0 Å². The zero-order valence-electron chi connectivity index (χ0n) is 27.6. The Kier molecular flexibility index (Phi) is 31.8. The van der Waals surface area contributed by atoms with E-state index in [2.05, 4.69) is 56.4 Å². The van der Waals surface area contributed by atoms with Gasteiger partial charge in [-0.05, 0) is 57.8 Å². The summed E-state index contributed by atoms with van der Waals surface area (Å²) < 4.78 is 10.4. The number of rotatable bonds is 28. The lowest BCUT2D eigenvalue weighted by molar-refractivity contribution is -0.161. The first-order chi connectivity index (χ1) is 21.6. The Morgan fingerprint density at radius 3 is 1.68 bits per heavy atom. The highest BCUT2D eigenvalue weighted by molar-refractivity contribution is 5.70. The maximum atomic E-state index is 12.1. The summed E-state index contributed by atoms with van der Waals surface area (Å²) in [6.45, 7) is 3.84. The average Bonchev–Trinajstić information content (AvgIpc) is 3.02. The van der Waals surface area contributed by atoms with Crippen LogP contribution in [0.25, 0.3) is 0 Å². The Morgan fingerprint density at radius 2 is 1.07 bits per heavy atom. The summed E-state index contributed by atoms with van der Waals surface area (Å²) in [7, 11) is 0. The monoisotopic (exact) mass is 608 g/mol. The molecular formula is C39H60O5. The van der Waals surface area contributed by atoms with E-state index in [4.69, 9.17) is 9.47 Å². The summed E-state index contributed by atoms with van der Waals surface area (Å²) in [6, 6.07) is 0. The van der Waals surface area contributed by atoms with Gasteiger partial charge in [0.25, 0.3) is 0 Å². The fourth-order valence-electron chi connectivity index (χ4n) is 3.95. The quantitative estimate of drug-likeness (QED) is 0.0414. The summed E-state index contributed by atoms with van der Waals surface area (Å²) in [5.74, 6) is -0.753. The van der Waals surface area contributed by atoms with Crippen molar-refractivity contribution in [2.45, 2.75) is 123 Å². The number of aliphatic hydroxyl groups excluding tert-OH is 1. The van der Waals surface area contributed by atoms with Crippen LogP contribution < -0.4 is 0 Å². The van der Waals surface area contributed by atoms with Crippen LogP contribution in [0.1, 0.15) is 117 Å². The molecule has 0 saturated carbocycles. The molecule has 5 heteroatoms. The van der Waals surface area contributed by atoms with Crippen LogP contribution in [-0.2, 0) is 19.1 Å². The predicted octanol–water partition coefficient (Wildman–Crippen LogP) is 10.2. The standard InChI is InChI=1S/C39H60O5/c1-3-5-7-9-11-13-15-17-18-19-20-22-24-26-28-30-32-34-39(42)44-37(35-40)36-43-38(41)33-31-29-27-25-23-21-16-14-12-10-8-6-4-2/h6,8,10,12,14,16-18,20-23,25-28,37,40H,3-5,7,9,11,13,15,19,24,29-36H2,1-2H3/b8-6+,12-10+,16-14+,18-17+,22-20+,23-21+,27-25+,28-26+. The van der Waals surface area contributed by atoms with Crippen molar-refractivity contribution < 1.29 is 24.2 Å². The Balaban J connectivity index is 3.84. The SMILES string of the molecule is CC/C=C/C=C/C=C/C=C/C=C/CCCC(=O)OCC(CO)OC(=O)CCC/C=C/C/C=C/C/C=C/CCCCCCCC. The Labute approximate surface area is 268 Å². The molecule has 0 spiro atoms. The molecule has 1 unspecified atom stereocenters. The van der Waals surface area contributed by atoms with Crippen molar-refractivity contribution in [3.05, 3.63) is 97.2 Å². The fraction of sp³-hybridized carbons (Fsp3) is 0.538. The molecule has 0 rings (SSSR count). The molecule has 0 aromatic carbocycles. The van der Waals surface area contributed by atoms with Crippen LogP contribution >= 0.6 is 0 Å². The Bertz CT molecular complexity index is 917. The number of carbonyl (C=O) groups excluding carboxylic acids is 2. The number of aliphatic hydroxyl groups is 1. The minimum atomic E-state index is -0.831. The van der Waals surface area contributed by atoms with Crippen LogP contribution in [-0.4, -0.2) is 36.4 Å². The van der Waals surface area contributed by atoms with Gasteiger partial charge in [0.2, 0.25) is 0 Å². The second-order valence-corrected chi connectivity index (χ2v) is 10.6. The van der Waals surface area contributed by atoms with E-state index in [1.54, 1.807) is 0 Å². The van der Waals surface area contributed by atoms with Gasteiger partial charge in [0.05, 0.1) is 6.61 Å². The molecule has 0 fully saturated rings. The molecule has 0 aliphatic carbocycles. The first-order valence-electron chi connectivity index (χ1n) is 16.9. The highest BCUT2D eigenvalue weighted by atomic mass is 16.6. The first kappa shape index (κ1) is 40.8. The summed E-state index contributed by atoms with van der Waals surface area (Å²) in [6.07, 6.45) is 47.6. The molecule has 0 saturated heterocycles. The van der Waals surface area contributed by atoms with Crippen LogP contribution in [0.3, 0.4) is 0 Å². The van der Waals surface area contributed by atoms with E-state index in [0.717, 1.165) is 32.1 Å². The predicted molar refractivity (Wildman–Crippen MR) is 186 cm³/mol. The zero-order valence-corrected chi connectivity index (χ0v) is 27.6. The van der Waals surface area contributed by atoms with Crippen LogP contribution in [0.5, 0.6) is 0 Å². The number of unbranched alkanes of at least 4 members (excludes halogenated alkanes) is 8. The second kappa shape index (κ2) is 34.3. The van der Waals surface area contributed by atoms with E-state index in [-0.39, 0.29) is 32.0 Å². The van der Waals surface area contributed by atoms with Crippen LogP contribution in [0, 0.1) is 0 Å². The molecule has 0 radical (unpaired) electrons. The van der Waals surface area contributed by atoms with E-state index in [0.29, 0.717) is 12.8 Å². The van der Waals surface area contributed by atoms with Gasteiger partial charge in [-0.2, -0.15) is 0 Å². The molecule has 0 aromatic rings. The molecule has 0 heterocycles. The van der Waals surface area contributed by atoms with Gasteiger partial charge in [-0.25, -0.2) is 0 Å². The largest absolute Gasteiger partial charge is 0.462 e. The Morgan fingerprint density at radius 1 is 0.568 bits per heavy atom. The van der Waals surface area contributed by atoms with Crippen molar-refractivity contribution in [3.8, 4) is 0 Å². The van der Waals surface area contributed by atoms with Crippen molar-refractivity contribution in [3.63, 3.8) is 0 Å². The van der Waals surface area contributed by atoms with Crippen molar-refractivity contribution in [1.29, 1.82) is 0 Å². The third-order valence-electron chi connectivity index (χ3n) is 6.49. The minimum absolute atomic E-state index is 0.130. The summed E-state index contributed by atoms with van der Waals surface area (Å²) in [5, 5.41) is 9.49. The van der Waals surface area contributed by atoms with E-state index in [9.17, 15) is 14.7 Å². The lowest BCUT2D eigenvalue weighted by Crippen LogP contribution is -2.28. The number of hydrogen-bond acceptors (Lipinski definition) is 5. The van der Waals surface area contributed by atoms with Gasteiger partial charge in [0.1, 0.15) is 6.61 Å². The molecule has 0 aromatic heterocycles. The molecule has 1 N–H and O–H groups in total. The van der Waals surface area contributed by atoms with Crippen molar-refractivity contribution in [2.24, 2.45) is 0 Å². The van der Waals surface area contributed by atoms with Gasteiger partial charge >= 0.3 is 11.9 Å². The van der Waals surface area contributed by atoms with E-state index >= 15 is 0 Å². The summed E-state index contributed by atoms with van der Waals surface area (Å²) >= 11 is 0. The first-order valence-corrected chi connectivity index (χ1v) is 16.9. The molecule has 0 amide bonds. The zero-order chi connectivity index (χ0) is 32.2. The summed E-state index contributed by atoms with van der Waals surface area (Å²) in [4.78, 5) is 24.1. The molecule has 0 bridgehead atoms. The number of allylic oxidation sites excluding steroid dienone is 16. The Hall–Kier alpha value is -3.18. The molecule has 246 valence electrons. The van der Waals surface area contributed by atoms with Crippen molar-refractivity contribution in [1.82, 2.24) is 0 Å². The maximum Gasteiger partial charge on any atom is 0.306 e. The number of hydrogen-bond donors (Lipinski definition) is 1. The van der Waals surface area contributed by atoms with Gasteiger partial charge in [-0.3, -0.25) is 9.59 Å². The molecule has 44 heavy (non-hydrogen) atoms. The second-order valence-electron chi connectivity index (χ2n) is 10.6. The fourth-order valence-corrected chi connectivity index (χ4v) is 3.95. The minimum Gasteiger partial charge on any atom is -0.462 e. The number of carbonyl (C=O) groups is 2. The highest BCUT2D eigenvalue weighted by Crippen LogP contribution is 2.08. The van der Waals surface area contributed by atoms with Gasteiger partial charge in [0.15, 0.2) is 6.10 Å². The van der Waals surface area contributed by atoms with E-state index < -0.39 is 12.1 Å². The third-order valence-corrected chi connectivity index (χ3v) is 6.49. The number of ether oxygens (including phenoxy) is 2. The molecular weight excluding hydrogens is 548 g/mol. The lowest BCUT2D eigenvalue weighted by Gasteiger charge is -2.15. The van der Waals surface area contributed by atoms with Gasteiger partial charge in [-0.15, -0.1) is 0 Å². The van der Waals surface area contributed by atoms with Gasteiger partial charge in [-0.1, -0.05) is 143 Å². The van der Waals surface area contributed by atoms with Crippen LogP contribution in [0.15, 0.2) is 97.2 Å². The molecule has 1 atom stereocenters. The number of esters is 2. The normalized spacial score (nSPS) is 13.4. The van der Waals surface area contributed by atoms with Crippen LogP contribution in [0.2, 0.25) is 0 Å². The maximum absolute atomic E-state index is 12.1. The third kappa shape index (κ3) is 31.7. The smallest absolute Gasteiger partial charge is 0.306 e. The molecule has 0 aliphatic rings. The van der Waals surface area contributed by atoms with Gasteiger partial charge < -0.3 is 14.6 Å². The lowest BCUT2D eigenvalue weighted by atomic mass is 10.1. The topological polar surface area (TPSA) is 72.8 Å².